The minimum Gasteiger partial charge on any atom is -0.500 e. The van der Waals surface area contributed by atoms with Gasteiger partial charge in [-0.05, 0) is 33.8 Å². The molecule has 259 valence electrons. The molecule has 5 heteroatoms. The average molecular weight is 907 g/mol. The van der Waals surface area contributed by atoms with E-state index in [0.717, 1.165) is 67.2 Å². The number of fused-ring (bicyclic) bond motifs is 7. The molecule has 8 rings (SSSR count). The van der Waals surface area contributed by atoms with Gasteiger partial charge in [0, 0.05) is 38.4 Å². The van der Waals surface area contributed by atoms with Gasteiger partial charge in [-0.1, -0.05) is 85.0 Å². The van der Waals surface area contributed by atoms with Crippen LogP contribution in [-0.4, -0.2) is 23.2 Å². The minimum atomic E-state index is -1.86. The summed E-state index contributed by atoms with van der Waals surface area (Å²) in [5.41, 5.74) is 7.82. The summed E-state index contributed by atoms with van der Waals surface area (Å²) in [5.74, 6) is 7.29. The van der Waals surface area contributed by atoms with Crippen LogP contribution in [0, 0.1) is 18.1 Å². The van der Waals surface area contributed by atoms with Crippen molar-refractivity contribution >= 4 is 61.1 Å². The molecule has 5 aromatic carbocycles. The summed E-state index contributed by atoms with van der Waals surface area (Å²) in [4.78, 5) is 9.28. The van der Waals surface area contributed by atoms with Gasteiger partial charge >= 0.3 is 126 Å². The summed E-state index contributed by atoms with van der Waals surface area (Å²) in [7, 11) is 0. The van der Waals surface area contributed by atoms with Crippen molar-refractivity contribution in [3.8, 4) is 22.5 Å². The second kappa shape index (κ2) is 15.3. The molecule has 0 aliphatic heterocycles. The Morgan fingerprint density at radius 2 is 1.47 bits per heavy atom. The number of nitrogens with zero attached hydrogens (tertiary/aromatic N) is 2. The molecule has 51 heavy (non-hydrogen) atoms. The molecular formula is C46H44GeIrN2O-2. The van der Waals surface area contributed by atoms with Crippen molar-refractivity contribution in [2.45, 2.75) is 57.3 Å². The molecule has 0 fully saturated rings. The topological polar surface area (TPSA) is 38.9 Å². The van der Waals surface area contributed by atoms with Gasteiger partial charge in [0.15, 0.2) is 0 Å². The zero-order valence-corrected chi connectivity index (χ0v) is 34.9. The fraction of sp³-hybridized carbons (Fsp3) is 0.217. The van der Waals surface area contributed by atoms with Crippen molar-refractivity contribution in [2.75, 3.05) is 0 Å². The summed E-state index contributed by atoms with van der Waals surface area (Å²) in [5, 5.41) is 6.81. The molecule has 3 heterocycles. The maximum absolute atomic E-state index is 8.39. The van der Waals surface area contributed by atoms with Gasteiger partial charge in [0.25, 0.3) is 0 Å². The molecule has 0 N–H and O–H groups in total. The number of furan rings is 1. The van der Waals surface area contributed by atoms with Crippen LogP contribution in [-0.2, 0) is 26.5 Å². The monoisotopic (exact) mass is 908 g/mol. The Bertz CT molecular complexity index is 2510. The molecule has 0 saturated carbocycles. The Hall–Kier alpha value is -4.09. The summed E-state index contributed by atoms with van der Waals surface area (Å²) >= 11 is -1.86. The second-order valence-corrected chi connectivity index (χ2v) is 25.4. The number of benzene rings is 5. The third kappa shape index (κ3) is 7.60. The largest absolute Gasteiger partial charge is 0.500 e. The Morgan fingerprint density at radius 1 is 0.725 bits per heavy atom. The molecule has 0 amide bonds. The maximum atomic E-state index is 8.39. The van der Waals surface area contributed by atoms with E-state index in [0.29, 0.717) is 5.92 Å². The fourth-order valence-electron chi connectivity index (χ4n) is 6.84. The third-order valence-electron chi connectivity index (χ3n) is 9.31. The van der Waals surface area contributed by atoms with Crippen LogP contribution in [0.5, 0.6) is 0 Å². The van der Waals surface area contributed by atoms with Gasteiger partial charge in [-0.2, -0.15) is 0 Å². The molecule has 0 aliphatic carbocycles. The molecule has 1 radical (unpaired) electrons. The molecule has 0 saturated heterocycles. The fourth-order valence-corrected chi connectivity index (χ4v) is 10.2. The van der Waals surface area contributed by atoms with Crippen LogP contribution in [0.25, 0.3) is 66.0 Å². The molecule has 0 bridgehead atoms. The maximum Gasteiger partial charge on any atom is 0.129 e. The second-order valence-electron chi connectivity index (χ2n) is 14.8. The first-order valence-corrected chi connectivity index (χ1v) is 24.8. The van der Waals surface area contributed by atoms with Gasteiger partial charge in [0.1, 0.15) is 5.58 Å². The van der Waals surface area contributed by atoms with Gasteiger partial charge in [0.2, 0.25) is 0 Å². The zero-order valence-electron chi connectivity index (χ0n) is 31.4. The van der Waals surface area contributed by atoms with Crippen LogP contribution in [0.15, 0.2) is 120 Å². The van der Waals surface area contributed by atoms with E-state index in [4.69, 9.17) is 10.8 Å². The molecule has 3 aromatic heterocycles. The van der Waals surface area contributed by atoms with E-state index in [9.17, 15) is 0 Å². The number of hydrogen-bond acceptors (Lipinski definition) is 3. The van der Waals surface area contributed by atoms with Crippen LogP contribution in [0.4, 0.5) is 0 Å². The Balaban J connectivity index is 0.000000193. The number of pyridine rings is 2. The van der Waals surface area contributed by atoms with Crippen molar-refractivity contribution in [3.63, 3.8) is 0 Å². The van der Waals surface area contributed by atoms with Crippen LogP contribution < -0.4 is 4.40 Å². The first kappa shape index (κ1) is 35.3. The molecular weight excluding hydrogens is 861 g/mol. The predicted molar refractivity (Wildman–Crippen MR) is 215 cm³/mol. The van der Waals surface area contributed by atoms with E-state index in [1.165, 1.54) is 16.3 Å². The predicted octanol–water partition coefficient (Wildman–Crippen LogP) is 12.2. The van der Waals surface area contributed by atoms with Crippen molar-refractivity contribution in [2.24, 2.45) is 5.92 Å². The normalized spacial score (nSPS) is 12.2. The first-order chi connectivity index (χ1) is 24.4. The summed E-state index contributed by atoms with van der Waals surface area (Å²) in [6.07, 6.45) is 5.04. The van der Waals surface area contributed by atoms with Crippen LogP contribution >= 0.6 is 0 Å². The summed E-state index contributed by atoms with van der Waals surface area (Å²) in [6.45, 7) is 8.34. The summed E-state index contributed by atoms with van der Waals surface area (Å²) in [6, 6.07) is 41.9. The quantitative estimate of drug-likeness (QED) is 0.0948. The van der Waals surface area contributed by atoms with Crippen LogP contribution in [0.1, 0.15) is 46.1 Å². The standard InChI is InChI=1S/C28H20NO.C18H24GeN.Ir/c1-17(2)20-14-15-29-25(16-20)24-9-5-8-22-23-13-12-19-11-10-18-6-3-4-7-21(18)26(19)28(23)30-27(22)24;1-14(2)11-16-12-18(15-9-7-6-8-10-15)20-13-17(16)19(3,4)5;/h3-8,10-17H,1-2H3;6-9,12-14H,11H2,1-5H3;/q2*-1;/i17D;;. The SMILES string of the molecule is CC(C)Cc1cc(-c2[c-]cccc2)nc[c]1[Ge]([CH3])([CH3])[CH3].[2H]C(C)(C)c1ccnc(-c2[c-]ccc3c2oc2c3ccc3ccc4ccccc4c32)c1.[Ir]. The first-order valence-electron chi connectivity index (χ1n) is 18.0. The minimum absolute atomic E-state index is 0. The van der Waals surface area contributed by atoms with Gasteiger partial charge in [0.05, 0.1) is 5.58 Å². The molecule has 8 aromatic rings. The molecule has 0 unspecified atom stereocenters. The van der Waals surface area contributed by atoms with E-state index < -0.39 is 19.2 Å². The Morgan fingerprint density at radius 3 is 2.22 bits per heavy atom. The van der Waals surface area contributed by atoms with E-state index in [2.05, 4.69) is 121 Å². The van der Waals surface area contributed by atoms with Gasteiger partial charge in [-0.15, -0.1) is 18.2 Å². The number of hydrogen-bond donors (Lipinski definition) is 0. The molecule has 0 atom stereocenters. The number of rotatable bonds is 6. The van der Waals surface area contributed by atoms with Gasteiger partial charge in [-0.25, -0.2) is 0 Å². The molecule has 3 nitrogen and oxygen atoms in total. The van der Waals surface area contributed by atoms with Crippen molar-refractivity contribution in [1.82, 2.24) is 9.97 Å². The zero-order chi connectivity index (χ0) is 35.9. The van der Waals surface area contributed by atoms with Crippen molar-refractivity contribution < 1.29 is 25.9 Å². The van der Waals surface area contributed by atoms with Crippen LogP contribution in [0.2, 0.25) is 17.3 Å². The number of aromatic nitrogens is 2. The summed E-state index contributed by atoms with van der Waals surface area (Å²) < 4.78 is 16.5. The molecule has 0 spiro atoms. The van der Waals surface area contributed by atoms with E-state index in [-0.39, 0.29) is 20.1 Å². The van der Waals surface area contributed by atoms with Gasteiger partial charge in [-0.3, -0.25) is 0 Å². The average Bonchev–Trinajstić information content (AvgIpc) is 3.50. The van der Waals surface area contributed by atoms with E-state index >= 15 is 0 Å². The van der Waals surface area contributed by atoms with Crippen LogP contribution in [0.3, 0.4) is 0 Å². The third-order valence-corrected chi connectivity index (χ3v) is 13.6. The molecule has 0 aliphatic rings. The van der Waals surface area contributed by atoms with Crippen molar-refractivity contribution in [3.05, 3.63) is 139 Å². The smallest absolute Gasteiger partial charge is 0.129 e. The Labute approximate surface area is 319 Å². The van der Waals surface area contributed by atoms with E-state index in [1.54, 1.807) is 10.6 Å². The Kier molecular flexibility index (Phi) is 10.6. The van der Waals surface area contributed by atoms with Gasteiger partial charge < -0.3 is 9.40 Å². The van der Waals surface area contributed by atoms with Crippen molar-refractivity contribution in [1.29, 1.82) is 0 Å². The van der Waals surface area contributed by atoms with E-state index in [1.807, 2.05) is 50.2 Å².